The first-order chi connectivity index (χ1) is 11.0. The predicted octanol–water partition coefficient (Wildman–Crippen LogP) is 1.59. The summed E-state index contributed by atoms with van der Waals surface area (Å²) in [5.74, 6) is -0.760. The van der Waals surface area contributed by atoms with Crippen molar-refractivity contribution in [3.63, 3.8) is 0 Å². The number of esters is 1. The van der Waals surface area contributed by atoms with Gasteiger partial charge in [0.05, 0.1) is 12.4 Å². The van der Waals surface area contributed by atoms with Crippen LogP contribution < -0.4 is 5.32 Å². The number of rotatable bonds is 6. The SMILES string of the molecule is CCOC(=O)CNC(=O)CN1C(=O)CSC1c1ccccc1Cl. The van der Waals surface area contributed by atoms with Gasteiger partial charge in [-0.15, -0.1) is 11.8 Å². The fraction of sp³-hybridized carbons (Fsp3) is 0.400. The van der Waals surface area contributed by atoms with Gasteiger partial charge >= 0.3 is 5.97 Å². The Bertz CT molecular complexity index is 611. The third kappa shape index (κ3) is 4.62. The quantitative estimate of drug-likeness (QED) is 0.783. The van der Waals surface area contributed by atoms with E-state index in [1.807, 2.05) is 18.2 Å². The molecular weight excluding hydrogens is 340 g/mol. The first-order valence-corrected chi connectivity index (χ1v) is 8.53. The van der Waals surface area contributed by atoms with E-state index in [-0.39, 0.29) is 31.0 Å². The molecule has 1 atom stereocenters. The second kappa shape index (κ2) is 8.21. The van der Waals surface area contributed by atoms with Crippen LogP contribution in [-0.4, -0.2) is 48.1 Å². The van der Waals surface area contributed by atoms with E-state index in [0.717, 1.165) is 5.56 Å². The van der Waals surface area contributed by atoms with Gasteiger partial charge in [0, 0.05) is 10.6 Å². The summed E-state index contributed by atoms with van der Waals surface area (Å²) < 4.78 is 4.73. The lowest BCUT2D eigenvalue weighted by molar-refractivity contribution is -0.143. The summed E-state index contributed by atoms with van der Waals surface area (Å²) in [6, 6.07) is 7.23. The van der Waals surface area contributed by atoms with Crippen LogP contribution in [0, 0.1) is 0 Å². The lowest BCUT2D eigenvalue weighted by Gasteiger charge is -2.24. The second-order valence-corrected chi connectivity index (χ2v) is 6.26. The summed E-state index contributed by atoms with van der Waals surface area (Å²) in [7, 11) is 0. The molecule has 0 bridgehead atoms. The van der Waals surface area contributed by atoms with Crippen molar-refractivity contribution in [2.45, 2.75) is 12.3 Å². The first kappa shape index (κ1) is 17.6. The number of hydrogen-bond donors (Lipinski definition) is 1. The Morgan fingerprint density at radius 1 is 1.43 bits per heavy atom. The van der Waals surface area contributed by atoms with E-state index in [2.05, 4.69) is 5.32 Å². The molecule has 0 saturated carbocycles. The maximum Gasteiger partial charge on any atom is 0.325 e. The van der Waals surface area contributed by atoms with Gasteiger partial charge in [0.25, 0.3) is 0 Å². The molecule has 1 saturated heterocycles. The predicted molar refractivity (Wildman–Crippen MR) is 88.0 cm³/mol. The Balaban J connectivity index is 1.99. The zero-order chi connectivity index (χ0) is 16.8. The fourth-order valence-electron chi connectivity index (χ4n) is 2.15. The number of carbonyl (C=O) groups is 3. The Kier molecular flexibility index (Phi) is 6.29. The van der Waals surface area contributed by atoms with Crippen LogP contribution in [0.25, 0.3) is 0 Å². The number of thioether (sulfide) groups is 1. The van der Waals surface area contributed by atoms with Crippen LogP contribution in [0.4, 0.5) is 0 Å². The second-order valence-electron chi connectivity index (χ2n) is 4.79. The van der Waals surface area contributed by atoms with Crippen molar-refractivity contribution in [3.05, 3.63) is 34.9 Å². The highest BCUT2D eigenvalue weighted by atomic mass is 35.5. The summed E-state index contributed by atoms with van der Waals surface area (Å²) in [5.41, 5.74) is 0.795. The minimum absolute atomic E-state index is 0.124. The van der Waals surface area contributed by atoms with Gasteiger partial charge in [-0.25, -0.2) is 0 Å². The van der Waals surface area contributed by atoms with Crippen LogP contribution in [0.2, 0.25) is 5.02 Å². The zero-order valence-corrected chi connectivity index (χ0v) is 14.2. The number of carbonyl (C=O) groups excluding carboxylic acids is 3. The molecule has 6 nitrogen and oxygen atoms in total. The average molecular weight is 357 g/mol. The number of ether oxygens (including phenoxy) is 1. The summed E-state index contributed by atoms with van der Waals surface area (Å²) >= 11 is 7.60. The Labute approximate surface area is 143 Å². The Hall–Kier alpha value is -1.73. The molecule has 1 aliphatic heterocycles. The van der Waals surface area contributed by atoms with E-state index in [1.54, 1.807) is 13.0 Å². The zero-order valence-electron chi connectivity index (χ0n) is 12.6. The van der Waals surface area contributed by atoms with Crippen molar-refractivity contribution < 1.29 is 19.1 Å². The van der Waals surface area contributed by atoms with Crippen molar-refractivity contribution in [2.24, 2.45) is 0 Å². The standard InChI is InChI=1S/C15H17ClN2O4S/c1-2-22-14(21)7-17-12(19)8-18-13(20)9-23-15(18)10-5-3-4-6-11(10)16/h3-6,15H,2,7-9H2,1H3,(H,17,19). The van der Waals surface area contributed by atoms with E-state index < -0.39 is 11.9 Å². The van der Waals surface area contributed by atoms with Crippen molar-refractivity contribution in [3.8, 4) is 0 Å². The number of nitrogens with zero attached hydrogens (tertiary/aromatic N) is 1. The smallest absolute Gasteiger partial charge is 0.325 e. The molecule has 1 fully saturated rings. The molecule has 1 unspecified atom stereocenters. The molecular formula is C15H17ClN2O4S. The lowest BCUT2D eigenvalue weighted by atomic mass is 10.2. The largest absolute Gasteiger partial charge is 0.465 e. The van der Waals surface area contributed by atoms with Crippen molar-refractivity contribution in [2.75, 3.05) is 25.4 Å². The first-order valence-electron chi connectivity index (χ1n) is 7.10. The third-order valence-electron chi connectivity index (χ3n) is 3.19. The highest BCUT2D eigenvalue weighted by Crippen LogP contribution is 2.40. The van der Waals surface area contributed by atoms with E-state index in [0.29, 0.717) is 10.8 Å². The van der Waals surface area contributed by atoms with Crippen LogP contribution in [0.5, 0.6) is 0 Å². The molecule has 23 heavy (non-hydrogen) atoms. The van der Waals surface area contributed by atoms with E-state index in [9.17, 15) is 14.4 Å². The lowest BCUT2D eigenvalue weighted by Crippen LogP contribution is -2.41. The van der Waals surface area contributed by atoms with Gasteiger partial charge in [-0.05, 0) is 13.0 Å². The summed E-state index contributed by atoms with van der Waals surface area (Å²) in [6.45, 7) is 1.61. The summed E-state index contributed by atoms with van der Waals surface area (Å²) in [6.07, 6.45) is 0. The Morgan fingerprint density at radius 3 is 2.87 bits per heavy atom. The van der Waals surface area contributed by atoms with Crippen LogP contribution >= 0.6 is 23.4 Å². The molecule has 1 heterocycles. The monoisotopic (exact) mass is 356 g/mol. The normalized spacial score (nSPS) is 17.2. The van der Waals surface area contributed by atoms with Crippen LogP contribution in [-0.2, 0) is 19.1 Å². The molecule has 8 heteroatoms. The molecule has 0 spiro atoms. The van der Waals surface area contributed by atoms with Crippen LogP contribution in [0.15, 0.2) is 24.3 Å². The molecule has 2 rings (SSSR count). The van der Waals surface area contributed by atoms with Gasteiger partial charge in [-0.2, -0.15) is 0 Å². The number of amides is 2. The molecule has 1 aromatic carbocycles. The molecule has 2 amide bonds. The average Bonchev–Trinajstić information content (AvgIpc) is 2.87. The molecule has 1 aromatic rings. The van der Waals surface area contributed by atoms with Crippen LogP contribution in [0.3, 0.4) is 0 Å². The molecule has 0 aromatic heterocycles. The molecule has 0 aliphatic carbocycles. The van der Waals surface area contributed by atoms with E-state index in [4.69, 9.17) is 16.3 Å². The van der Waals surface area contributed by atoms with Gasteiger partial charge < -0.3 is 15.0 Å². The topological polar surface area (TPSA) is 75.7 Å². The van der Waals surface area contributed by atoms with Gasteiger partial charge in [0.2, 0.25) is 11.8 Å². The molecule has 124 valence electrons. The van der Waals surface area contributed by atoms with Gasteiger partial charge in [0.15, 0.2) is 0 Å². The maximum absolute atomic E-state index is 12.0. The van der Waals surface area contributed by atoms with Crippen molar-refractivity contribution >= 4 is 41.1 Å². The molecule has 1 N–H and O–H groups in total. The van der Waals surface area contributed by atoms with Crippen molar-refractivity contribution in [1.29, 1.82) is 0 Å². The van der Waals surface area contributed by atoms with E-state index >= 15 is 0 Å². The number of nitrogens with one attached hydrogen (secondary N) is 1. The van der Waals surface area contributed by atoms with E-state index in [1.165, 1.54) is 16.7 Å². The Morgan fingerprint density at radius 2 is 2.17 bits per heavy atom. The fourth-order valence-corrected chi connectivity index (χ4v) is 3.68. The number of benzene rings is 1. The van der Waals surface area contributed by atoms with Crippen molar-refractivity contribution in [1.82, 2.24) is 10.2 Å². The van der Waals surface area contributed by atoms with Gasteiger partial charge in [-0.3, -0.25) is 14.4 Å². The minimum atomic E-state index is -0.509. The molecule has 1 aliphatic rings. The third-order valence-corrected chi connectivity index (χ3v) is 4.77. The highest BCUT2D eigenvalue weighted by Gasteiger charge is 2.35. The maximum atomic E-state index is 12.0. The minimum Gasteiger partial charge on any atom is -0.465 e. The number of halogens is 1. The summed E-state index contributed by atoms with van der Waals surface area (Å²) in [5, 5.41) is 2.70. The van der Waals surface area contributed by atoms with Gasteiger partial charge in [-0.1, -0.05) is 29.8 Å². The molecule has 0 radical (unpaired) electrons. The summed E-state index contributed by atoms with van der Waals surface area (Å²) in [4.78, 5) is 36.7. The number of hydrogen-bond acceptors (Lipinski definition) is 5. The van der Waals surface area contributed by atoms with Crippen LogP contribution in [0.1, 0.15) is 17.9 Å². The highest BCUT2D eigenvalue weighted by molar-refractivity contribution is 8.00. The van der Waals surface area contributed by atoms with Gasteiger partial charge in [0.1, 0.15) is 18.5 Å².